The molecule has 0 saturated carbocycles. The molecule has 5 N–H and O–H groups in total. The third kappa shape index (κ3) is 4.86. The second-order valence-corrected chi connectivity index (χ2v) is 11.8. The van der Waals surface area contributed by atoms with E-state index in [0.29, 0.717) is 24.4 Å². The van der Waals surface area contributed by atoms with E-state index in [-0.39, 0.29) is 41.4 Å². The number of aromatic nitrogens is 1. The Morgan fingerprint density at radius 1 is 1.44 bits per heavy atom. The molecule has 0 radical (unpaired) electrons. The zero-order chi connectivity index (χ0) is 24.8. The van der Waals surface area contributed by atoms with Crippen LogP contribution in [0, 0.1) is 11.8 Å². The number of amides is 1. The minimum Gasteiger partial charge on any atom is -0.477 e. The lowest BCUT2D eigenvalue weighted by molar-refractivity contribution is -0.163. The number of nitrogens with zero attached hydrogens (tertiary/aromatic N) is 3. The predicted octanol–water partition coefficient (Wildman–Crippen LogP) is -0.295. The number of fused-ring (bicyclic) bond motifs is 1. The molecule has 2 fully saturated rings. The van der Waals surface area contributed by atoms with Crippen molar-refractivity contribution in [1.82, 2.24) is 19.5 Å². The Balaban J connectivity index is 1.54. The van der Waals surface area contributed by atoms with Crippen LogP contribution in [-0.4, -0.2) is 81.8 Å². The molecule has 186 valence electrons. The van der Waals surface area contributed by atoms with Gasteiger partial charge in [0.1, 0.15) is 5.70 Å². The molecule has 1 amide bonds. The molecule has 2 saturated heterocycles. The fourth-order valence-corrected chi connectivity index (χ4v) is 7.25. The smallest absolute Gasteiger partial charge is 0.353 e. The van der Waals surface area contributed by atoms with Gasteiger partial charge in [-0.25, -0.2) is 14.7 Å². The number of carbonyl (C=O) groups is 2. The van der Waals surface area contributed by atoms with Gasteiger partial charge in [0.05, 0.1) is 18.1 Å². The Kier molecular flexibility index (Phi) is 7.04. The van der Waals surface area contributed by atoms with Gasteiger partial charge in [-0.1, -0.05) is 13.0 Å². The molecule has 11 nitrogen and oxygen atoms in total. The van der Waals surface area contributed by atoms with Crippen LogP contribution in [0.25, 0.3) is 0 Å². The summed E-state index contributed by atoms with van der Waals surface area (Å²) in [5, 5.41) is 25.0. The average Bonchev–Trinajstić information content (AvgIpc) is 3.23. The van der Waals surface area contributed by atoms with Gasteiger partial charge in [-0.15, -0.1) is 11.8 Å². The number of rotatable bonds is 9. The molecule has 0 aromatic carbocycles. The van der Waals surface area contributed by atoms with Crippen LogP contribution in [0.15, 0.2) is 35.1 Å². The van der Waals surface area contributed by atoms with E-state index >= 15 is 0 Å². The summed E-state index contributed by atoms with van der Waals surface area (Å²) in [5.74, 6) is -2.35. The number of thioether (sulfide) groups is 1. The molecular formula is C21H29N5O6S2. The van der Waals surface area contributed by atoms with Crippen molar-refractivity contribution in [1.29, 1.82) is 0 Å². The van der Waals surface area contributed by atoms with Crippen molar-refractivity contribution in [3.63, 3.8) is 0 Å². The number of nitrogens with one attached hydrogen (secondary N) is 1. The quantitative estimate of drug-likeness (QED) is 0.326. The zero-order valence-corrected chi connectivity index (χ0v) is 20.5. The molecule has 34 heavy (non-hydrogen) atoms. The van der Waals surface area contributed by atoms with Gasteiger partial charge < -0.3 is 15.1 Å². The lowest BCUT2D eigenvalue weighted by atomic mass is 9.79. The van der Waals surface area contributed by atoms with Gasteiger partial charge >= 0.3 is 5.97 Å². The Hall–Kier alpha value is -2.03. The normalized spacial score (nSPS) is 30.4. The van der Waals surface area contributed by atoms with E-state index < -0.39 is 28.2 Å². The van der Waals surface area contributed by atoms with Crippen LogP contribution in [0.1, 0.15) is 25.8 Å². The second kappa shape index (κ2) is 9.55. The molecule has 0 aliphatic carbocycles. The van der Waals surface area contributed by atoms with E-state index in [4.69, 9.17) is 5.14 Å². The van der Waals surface area contributed by atoms with E-state index in [1.807, 2.05) is 19.1 Å². The molecule has 1 aromatic heterocycles. The summed E-state index contributed by atoms with van der Waals surface area (Å²) in [5.41, 5.74) is 0.970. The van der Waals surface area contributed by atoms with Crippen molar-refractivity contribution in [2.45, 2.75) is 50.3 Å². The highest BCUT2D eigenvalue weighted by Gasteiger charge is 2.60. The Morgan fingerprint density at radius 3 is 2.76 bits per heavy atom. The van der Waals surface area contributed by atoms with E-state index in [9.17, 15) is 28.2 Å². The number of aliphatic carboxylic acids is 1. The third-order valence-electron chi connectivity index (χ3n) is 6.72. The van der Waals surface area contributed by atoms with E-state index in [1.165, 1.54) is 16.7 Å². The maximum atomic E-state index is 12.6. The van der Waals surface area contributed by atoms with E-state index in [2.05, 4.69) is 14.6 Å². The highest BCUT2D eigenvalue weighted by molar-refractivity contribution is 8.03. The average molecular weight is 512 g/mol. The molecule has 1 aromatic rings. The van der Waals surface area contributed by atoms with Crippen LogP contribution in [0.4, 0.5) is 0 Å². The molecular weight excluding hydrogens is 482 g/mol. The van der Waals surface area contributed by atoms with Crippen LogP contribution < -0.4 is 9.86 Å². The van der Waals surface area contributed by atoms with Crippen molar-refractivity contribution in [2.75, 3.05) is 13.1 Å². The molecule has 0 unspecified atom stereocenters. The van der Waals surface area contributed by atoms with Gasteiger partial charge in [0.25, 0.3) is 10.2 Å². The van der Waals surface area contributed by atoms with E-state index in [1.54, 1.807) is 19.3 Å². The van der Waals surface area contributed by atoms with Crippen molar-refractivity contribution in [3.05, 3.63) is 40.7 Å². The number of aliphatic hydroxyl groups is 1. The Morgan fingerprint density at radius 2 is 2.18 bits per heavy atom. The summed E-state index contributed by atoms with van der Waals surface area (Å²) < 4.78 is 25.3. The molecule has 0 bridgehead atoms. The van der Waals surface area contributed by atoms with Gasteiger partial charge in [-0.05, 0) is 25.0 Å². The second-order valence-electron chi connectivity index (χ2n) is 9.09. The molecule has 6 atom stereocenters. The summed E-state index contributed by atoms with van der Waals surface area (Å²) in [4.78, 5) is 32.9. The first-order valence-electron chi connectivity index (χ1n) is 11.0. The molecule has 3 aliphatic heterocycles. The van der Waals surface area contributed by atoms with Gasteiger partial charge in [-0.3, -0.25) is 14.7 Å². The van der Waals surface area contributed by atoms with E-state index in [0.717, 1.165) is 5.56 Å². The first-order valence-corrected chi connectivity index (χ1v) is 13.5. The number of likely N-dealkylation sites (tertiary alicyclic amines) is 1. The summed E-state index contributed by atoms with van der Waals surface area (Å²) in [6.45, 7) is 4.72. The fraction of sp³-hybridized carbons (Fsp3) is 0.571. The summed E-state index contributed by atoms with van der Waals surface area (Å²) in [6, 6.07) is 3.26. The number of aliphatic hydroxyl groups excluding tert-OH is 1. The van der Waals surface area contributed by atoms with Crippen molar-refractivity contribution in [2.24, 2.45) is 17.0 Å². The highest BCUT2D eigenvalue weighted by atomic mass is 32.2. The highest BCUT2D eigenvalue weighted by Crippen LogP contribution is 2.52. The maximum Gasteiger partial charge on any atom is 0.353 e. The Labute approximate surface area is 202 Å². The summed E-state index contributed by atoms with van der Waals surface area (Å²) >= 11 is 1.43. The molecule has 4 rings (SSSR count). The topological polar surface area (TPSA) is 166 Å². The largest absolute Gasteiger partial charge is 0.477 e. The van der Waals surface area contributed by atoms with Crippen molar-refractivity contribution in [3.8, 4) is 0 Å². The number of β-lactam (4-membered cyclic amide) rings is 1. The van der Waals surface area contributed by atoms with Crippen LogP contribution >= 0.6 is 11.8 Å². The standard InChI is InChI=1S/C21H29N5O6S2/c1-11-17-16(12(2)27)20(28)26(17)18(21(29)30)19(11)33-15-6-14(8-24-34(22,31)32)25(10-15)9-13-4-3-5-23-7-13/h3-5,7,11-12,14-17,24,27H,6,8-10H2,1-2H3,(H,29,30)(H2,22,31,32)/t11-,12-,14+,15+,16-,17-/m1/s1. The van der Waals surface area contributed by atoms with Crippen LogP contribution in [0.5, 0.6) is 0 Å². The lowest BCUT2D eigenvalue weighted by Crippen LogP contribution is -2.63. The first-order chi connectivity index (χ1) is 16.0. The fourth-order valence-electron chi connectivity index (χ4n) is 5.23. The molecule has 13 heteroatoms. The minimum absolute atomic E-state index is 0.00526. The number of carboxylic acids is 1. The van der Waals surface area contributed by atoms with Crippen LogP contribution in [0.3, 0.4) is 0 Å². The first kappa shape index (κ1) is 25.1. The van der Waals surface area contributed by atoms with Crippen LogP contribution in [0.2, 0.25) is 0 Å². The minimum atomic E-state index is -3.85. The number of nitrogens with two attached hydrogens (primary N) is 1. The van der Waals surface area contributed by atoms with Crippen molar-refractivity contribution >= 4 is 33.8 Å². The maximum absolute atomic E-state index is 12.6. The summed E-state index contributed by atoms with van der Waals surface area (Å²) in [6.07, 6.45) is 3.18. The Bertz CT molecular complexity index is 1100. The van der Waals surface area contributed by atoms with Crippen LogP contribution in [-0.2, 0) is 26.3 Å². The number of pyridine rings is 1. The summed E-state index contributed by atoms with van der Waals surface area (Å²) in [7, 11) is -3.85. The molecule has 4 heterocycles. The number of carboxylic acid groups (broad SMARTS) is 1. The van der Waals surface area contributed by atoms with Gasteiger partial charge in [0, 0.05) is 54.1 Å². The van der Waals surface area contributed by atoms with Crippen molar-refractivity contribution < 1.29 is 28.2 Å². The number of carbonyl (C=O) groups excluding carboxylic acids is 1. The number of hydrogen-bond donors (Lipinski definition) is 4. The predicted molar refractivity (Wildman–Crippen MR) is 125 cm³/mol. The number of hydrogen-bond acceptors (Lipinski definition) is 8. The zero-order valence-electron chi connectivity index (χ0n) is 18.9. The monoisotopic (exact) mass is 511 g/mol. The SMILES string of the molecule is C[C@@H](O)[C@H]1C(=O)N2C(C(=O)O)=C(S[C@H]3C[C@@H](CNS(N)(=O)=O)N(Cc4cccnc4)C3)[C@H](C)[C@H]12. The lowest BCUT2D eigenvalue weighted by Gasteiger charge is -2.46. The van der Waals surface area contributed by atoms with Gasteiger partial charge in [-0.2, -0.15) is 8.42 Å². The third-order valence-corrected chi connectivity index (χ3v) is 8.79. The van der Waals surface area contributed by atoms with Gasteiger partial charge in [0.15, 0.2) is 0 Å². The molecule has 0 spiro atoms. The van der Waals surface area contributed by atoms with Gasteiger partial charge in [0.2, 0.25) is 5.91 Å². The molecule has 3 aliphatic rings.